The molecule has 110 valence electrons. The van der Waals surface area contributed by atoms with E-state index in [4.69, 9.17) is 9.15 Å². The van der Waals surface area contributed by atoms with Gasteiger partial charge in [-0.2, -0.15) is 0 Å². The third-order valence-corrected chi connectivity index (χ3v) is 4.72. The second kappa shape index (κ2) is 4.58. The van der Waals surface area contributed by atoms with E-state index in [1.54, 1.807) is 0 Å². The van der Waals surface area contributed by atoms with Gasteiger partial charge in [-0.25, -0.2) is 4.98 Å². The zero-order chi connectivity index (χ0) is 14.4. The predicted molar refractivity (Wildman–Crippen MR) is 73.3 cm³/mol. The minimum Gasteiger partial charge on any atom is -0.438 e. The van der Waals surface area contributed by atoms with Crippen molar-refractivity contribution < 1.29 is 13.9 Å². The van der Waals surface area contributed by atoms with Gasteiger partial charge in [-0.1, -0.05) is 0 Å². The van der Waals surface area contributed by atoms with Crippen LogP contribution < -0.4 is 0 Å². The van der Waals surface area contributed by atoms with Crippen LogP contribution in [0, 0.1) is 5.92 Å². The highest BCUT2D eigenvalue weighted by Crippen LogP contribution is 2.44. The van der Waals surface area contributed by atoms with Crippen molar-refractivity contribution in [1.29, 1.82) is 0 Å². The summed E-state index contributed by atoms with van der Waals surface area (Å²) >= 11 is 0. The molecule has 1 aromatic heterocycles. The van der Waals surface area contributed by atoms with Crippen LogP contribution in [0.5, 0.6) is 0 Å². The zero-order valence-electron chi connectivity index (χ0n) is 12.4. The molecular formula is C15H22N2O3. The lowest BCUT2D eigenvalue weighted by atomic mass is 9.74. The lowest BCUT2D eigenvalue weighted by molar-refractivity contribution is -0.210. The molecule has 0 bridgehead atoms. The Morgan fingerprint density at radius 3 is 2.90 bits per heavy atom. The third-order valence-electron chi connectivity index (χ3n) is 4.72. The quantitative estimate of drug-likeness (QED) is 0.792. The van der Waals surface area contributed by atoms with E-state index in [1.165, 1.54) is 12.6 Å². The van der Waals surface area contributed by atoms with Crippen LogP contribution in [0.4, 0.5) is 0 Å². The topological polar surface area (TPSA) is 55.6 Å². The van der Waals surface area contributed by atoms with Crippen molar-refractivity contribution in [2.45, 2.75) is 51.2 Å². The largest absolute Gasteiger partial charge is 0.438 e. The maximum absolute atomic E-state index is 12.3. The highest BCUT2D eigenvalue weighted by molar-refractivity contribution is 5.91. The molecule has 1 amide bonds. The van der Waals surface area contributed by atoms with Crippen molar-refractivity contribution in [3.63, 3.8) is 0 Å². The van der Waals surface area contributed by atoms with Crippen LogP contribution in [0.1, 0.15) is 50.6 Å². The van der Waals surface area contributed by atoms with E-state index >= 15 is 0 Å². The van der Waals surface area contributed by atoms with Crippen molar-refractivity contribution >= 4 is 5.91 Å². The molecule has 0 radical (unpaired) electrons. The molecule has 3 rings (SSSR count). The Bertz CT molecular complexity index is 497. The number of ether oxygens (including phenoxy) is 1. The number of fused-ring (bicyclic) bond motifs is 1. The minimum absolute atomic E-state index is 0.0532. The molecule has 2 aliphatic rings. The van der Waals surface area contributed by atoms with Crippen molar-refractivity contribution in [1.82, 2.24) is 9.88 Å². The summed E-state index contributed by atoms with van der Waals surface area (Å²) in [5, 5.41) is 0. The first kappa shape index (κ1) is 13.6. The molecule has 5 nitrogen and oxygen atoms in total. The molecule has 2 saturated heterocycles. The lowest BCUT2D eigenvalue weighted by Gasteiger charge is -2.53. The number of nitrogens with zero attached hydrogens (tertiary/aromatic N) is 2. The summed E-state index contributed by atoms with van der Waals surface area (Å²) in [4.78, 5) is 18.0. The Morgan fingerprint density at radius 1 is 1.40 bits per heavy atom. The van der Waals surface area contributed by atoms with Gasteiger partial charge >= 0.3 is 0 Å². The number of amides is 1. The Labute approximate surface area is 119 Å². The van der Waals surface area contributed by atoms with Gasteiger partial charge in [0.1, 0.15) is 0 Å². The Hall–Kier alpha value is -1.36. The van der Waals surface area contributed by atoms with Gasteiger partial charge in [-0.05, 0) is 40.0 Å². The molecule has 1 aromatic rings. The van der Waals surface area contributed by atoms with E-state index in [9.17, 15) is 4.79 Å². The second-order valence-corrected chi connectivity index (χ2v) is 6.78. The fourth-order valence-corrected chi connectivity index (χ4v) is 3.51. The number of piperidine rings is 1. The van der Waals surface area contributed by atoms with Gasteiger partial charge < -0.3 is 14.1 Å². The maximum Gasteiger partial charge on any atom is 0.291 e. The van der Waals surface area contributed by atoms with Gasteiger partial charge in [0.05, 0.1) is 17.4 Å². The Balaban J connectivity index is 1.72. The summed E-state index contributed by atoms with van der Waals surface area (Å²) in [7, 11) is 0. The normalized spacial score (nSPS) is 32.8. The van der Waals surface area contributed by atoms with Crippen LogP contribution in [-0.2, 0) is 4.74 Å². The molecule has 2 atom stereocenters. The molecule has 0 saturated carbocycles. The number of rotatable bonds is 1. The zero-order valence-corrected chi connectivity index (χ0v) is 12.4. The summed E-state index contributed by atoms with van der Waals surface area (Å²) in [6.45, 7) is 7.95. The second-order valence-electron chi connectivity index (χ2n) is 6.78. The molecule has 2 aliphatic heterocycles. The first-order valence-corrected chi connectivity index (χ1v) is 7.28. The molecule has 20 heavy (non-hydrogen) atoms. The number of hydrogen-bond acceptors (Lipinski definition) is 4. The van der Waals surface area contributed by atoms with Gasteiger partial charge in [0.15, 0.2) is 6.39 Å². The number of carbonyl (C=O) groups is 1. The van der Waals surface area contributed by atoms with Gasteiger partial charge in [0, 0.05) is 19.0 Å². The molecule has 0 N–H and O–H groups in total. The Morgan fingerprint density at radius 2 is 2.20 bits per heavy atom. The van der Waals surface area contributed by atoms with E-state index in [2.05, 4.69) is 25.8 Å². The highest BCUT2D eigenvalue weighted by Gasteiger charge is 2.48. The van der Waals surface area contributed by atoms with Crippen LogP contribution in [0.15, 0.2) is 17.0 Å². The van der Waals surface area contributed by atoms with Gasteiger partial charge in [-0.3, -0.25) is 4.79 Å². The number of likely N-dealkylation sites (tertiary alicyclic amines) is 1. The van der Waals surface area contributed by atoms with Crippen LogP contribution in [-0.4, -0.2) is 40.1 Å². The number of carbonyl (C=O) groups excluding carboxylic acids is 1. The fraction of sp³-hybridized carbons (Fsp3) is 0.733. The molecule has 0 aromatic carbocycles. The van der Waals surface area contributed by atoms with E-state index in [0.717, 1.165) is 25.8 Å². The lowest BCUT2D eigenvalue weighted by Crippen LogP contribution is -2.58. The van der Waals surface area contributed by atoms with E-state index < -0.39 is 0 Å². The first-order chi connectivity index (χ1) is 9.40. The SMILES string of the molecule is CC1(C)CC[C@H]2CN(C(=O)c3cnco3)CC[C@@]2(C)O1. The van der Waals surface area contributed by atoms with E-state index in [0.29, 0.717) is 18.2 Å². The standard InChI is InChI=1S/C15H22N2O3/c1-14(2)5-4-11-9-17(7-6-15(11,3)20-14)13(18)12-8-16-10-19-12/h8,10-11H,4-7,9H2,1-3H3/t11-,15+/m0/s1. The van der Waals surface area contributed by atoms with Crippen molar-refractivity contribution in [2.24, 2.45) is 5.92 Å². The van der Waals surface area contributed by atoms with Crippen LogP contribution in [0.2, 0.25) is 0 Å². The molecule has 0 spiro atoms. The summed E-state index contributed by atoms with van der Waals surface area (Å²) in [6.07, 6.45) is 5.80. The number of hydrogen-bond donors (Lipinski definition) is 0. The first-order valence-electron chi connectivity index (χ1n) is 7.28. The van der Waals surface area contributed by atoms with Crippen LogP contribution >= 0.6 is 0 Å². The summed E-state index contributed by atoms with van der Waals surface area (Å²) < 4.78 is 11.4. The van der Waals surface area contributed by atoms with Crippen molar-refractivity contribution in [3.05, 3.63) is 18.4 Å². The van der Waals surface area contributed by atoms with Gasteiger partial charge in [-0.15, -0.1) is 0 Å². The average Bonchev–Trinajstić information content (AvgIpc) is 2.89. The predicted octanol–water partition coefficient (Wildman–Crippen LogP) is 2.48. The molecule has 5 heteroatoms. The number of aromatic nitrogens is 1. The summed E-state index contributed by atoms with van der Waals surface area (Å²) in [6, 6.07) is 0. The molecular weight excluding hydrogens is 256 g/mol. The van der Waals surface area contributed by atoms with E-state index in [-0.39, 0.29) is 17.1 Å². The van der Waals surface area contributed by atoms with Crippen molar-refractivity contribution in [2.75, 3.05) is 13.1 Å². The van der Waals surface area contributed by atoms with Crippen LogP contribution in [0.3, 0.4) is 0 Å². The van der Waals surface area contributed by atoms with Gasteiger partial charge in [0.25, 0.3) is 5.91 Å². The highest BCUT2D eigenvalue weighted by atomic mass is 16.5. The minimum atomic E-state index is -0.111. The smallest absolute Gasteiger partial charge is 0.291 e. The molecule has 0 aliphatic carbocycles. The van der Waals surface area contributed by atoms with E-state index in [1.807, 2.05) is 4.90 Å². The monoisotopic (exact) mass is 278 g/mol. The van der Waals surface area contributed by atoms with Gasteiger partial charge in [0.2, 0.25) is 5.76 Å². The van der Waals surface area contributed by atoms with Crippen LogP contribution in [0.25, 0.3) is 0 Å². The molecule has 0 unspecified atom stereocenters. The summed E-state index contributed by atoms with van der Waals surface area (Å²) in [5.41, 5.74) is -0.164. The maximum atomic E-state index is 12.3. The molecule has 2 fully saturated rings. The molecule has 3 heterocycles. The fourth-order valence-electron chi connectivity index (χ4n) is 3.51. The third kappa shape index (κ3) is 2.35. The summed E-state index contributed by atoms with van der Waals surface area (Å²) in [5.74, 6) is 0.663. The Kier molecular flexibility index (Phi) is 3.12. The number of oxazole rings is 1. The van der Waals surface area contributed by atoms with Crippen molar-refractivity contribution in [3.8, 4) is 0 Å². The average molecular weight is 278 g/mol.